The van der Waals surface area contributed by atoms with Gasteiger partial charge < -0.3 is 15.4 Å². The van der Waals surface area contributed by atoms with Crippen molar-refractivity contribution in [3.8, 4) is 0 Å². The number of carbonyl (C=O) groups excluding carboxylic acids is 2. The van der Waals surface area contributed by atoms with Gasteiger partial charge >= 0.3 is 5.97 Å². The third kappa shape index (κ3) is 4.58. The van der Waals surface area contributed by atoms with Gasteiger partial charge in [-0.05, 0) is 56.9 Å². The van der Waals surface area contributed by atoms with Gasteiger partial charge in [-0.2, -0.15) is 0 Å². The van der Waals surface area contributed by atoms with Crippen molar-refractivity contribution in [2.75, 3.05) is 26.2 Å². The Morgan fingerprint density at radius 3 is 2.62 bits per heavy atom. The number of nitrogens with one attached hydrogen (secondary N) is 2. The summed E-state index contributed by atoms with van der Waals surface area (Å²) in [4.78, 5) is 28.6. The van der Waals surface area contributed by atoms with Crippen LogP contribution in [0, 0.1) is 23.7 Å². The van der Waals surface area contributed by atoms with Crippen LogP contribution in [-0.2, 0) is 20.7 Å². The molecule has 5 rings (SSSR count). The zero-order chi connectivity index (χ0) is 23.1. The molecule has 1 saturated carbocycles. The maximum Gasteiger partial charge on any atom is 0.325 e. The van der Waals surface area contributed by atoms with Gasteiger partial charge in [0.05, 0.1) is 0 Å². The lowest BCUT2D eigenvalue weighted by Crippen LogP contribution is -2.74. The van der Waals surface area contributed by atoms with Gasteiger partial charge in [-0.25, -0.2) is 0 Å². The first-order valence-corrected chi connectivity index (χ1v) is 12.1. The normalized spacial score (nSPS) is 31.7. The van der Waals surface area contributed by atoms with Crippen LogP contribution in [0.1, 0.15) is 46.6 Å². The summed E-state index contributed by atoms with van der Waals surface area (Å²) in [6.45, 7) is 13.0. The first kappa shape index (κ1) is 23.2. The molecule has 32 heavy (non-hydrogen) atoms. The fraction of sp³-hybridized carbons (Fsp3) is 0.692. The van der Waals surface area contributed by atoms with Crippen molar-refractivity contribution in [2.45, 2.75) is 64.6 Å². The molecule has 1 amide bonds. The second kappa shape index (κ2) is 8.79. The van der Waals surface area contributed by atoms with E-state index in [9.17, 15) is 9.59 Å². The third-order valence-electron chi connectivity index (χ3n) is 7.33. The molecule has 1 aromatic carbocycles. The first-order valence-electron chi connectivity index (χ1n) is 12.1. The number of ether oxygens (including phenoxy) is 1. The Hall–Kier alpha value is -1.92. The molecular formula is C26H39N3O3. The minimum atomic E-state index is -0.645. The number of rotatable bonds is 7. The van der Waals surface area contributed by atoms with Crippen molar-refractivity contribution >= 4 is 11.9 Å². The SMILES string of the molecule is CC(C)CN1C[C@H]2C[C@]3(C(=O)NCC(=O)OC(C)(C)C)NC[C@H]2[C@H]1[C@H]3Cc1ccccc1. The zero-order valence-electron chi connectivity index (χ0n) is 20.2. The molecule has 3 aliphatic heterocycles. The molecule has 5 atom stereocenters. The van der Waals surface area contributed by atoms with Crippen LogP contribution in [0.25, 0.3) is 0 Å². The summed E-state index contributed by atoms with van der Waals surface area (Å²) in [7, 11) is 0. The Morgan fingerprint density at radius 2 is 1.97 bits per heavy atom. The summed E-state index contributed by atoms with van der Waals surface area (Å²) in [5.41, 5.74) is 0.0559. The molecular weight excluding hydrogens is 402 g/mol. The smallest absolute Gasteiger partial charge is 0.325 e. The summed E-state index contributed by atoms with van der Waals surface area (Å²) < 4.78 is 5.41. The highest BCUT2D eigenvalue weighted by molar-refractivity contribution is 5.90. The van der Waals surface area contributed by atoms with E-state index in [-0.39, 0.29) is 18.4 Å². The molecule has 0 aromatic heterocycles. The Bertz CT molecular complexity index is 834. The van der Waals surface area contributed by atoms with E-state index in [1.54, 1.807) is 0 Å². The molecule has 4 aliphatic rings. The highest BCUT2D eigenvalue weighted by atomic mass is 16.6. The predicted molar refractivity (Wildman–Crippen MR) is 125 cm³/mol. The molecule has 3 heterocycles. The first-order chi connectivity index (χ1) is 15.1. The lowest BCUT2D eigenvalue weighted by atomic mass is 9.58. The second-order valence-electron chi connectivity index (χ2n) is 11.4. The monoisotopic (exact) mass is 441 g/mol. The average molecular weight is 442 g/mol. The molecule has 0 spiro atoms. The Balaban J connectivity index is 1.58. The predicted octanol–water partition coefficient (Wildman–Crippen LogP) is 2.62. The zero-order valence-corrected chi connectivity index (χ0v) is 20.2. The molecule has 2 N–H and O–H groups in total. The summed E-state index contributed by atoms with van der Waals surface area (Å²) in [5.74, 6) is 1.43. The molecule has 0 radical (unpaired) electrons. The van der Waals surface area contributed by atoms with Gasteiger partial charge in [-0.15, -0.1) is 0 Å². The molecule has 1 aliphatic carbocycles. The van der Waals surface area contributed by atoms with Crippen molar-refractivity contribution in [1.29, 1.82) is 0 Å². The van der Waals surface area contributed by atoms with Crippen molar-refractivity contribution < 1.29 is 14.3 Å². The van der Waals surface area contributed by atoms with Crippen molar-refractivity contribution in [1.82, 2.24) is 15.5 Å². The number of likely N-dealkylation sites (tertiary alicyclic amines) is 1. The lowest BCUT2D eigenvalue weighted by Gasteiger charge is -2.56. The minimum absolute atomic E-state index is 0.0520. The Kier molecular flexibility index (Phi) is 6.38. The fourth-order valence-corrected chi connectivity index (χ4v) is 6.38. The number of nitrogens with zero attached hydrogens (tertiary/aromatic N) is 1. The van der Waals surface area contributed by atoms with E-state index in [2.05, 4.69) is 53.6 Å². The van der Waals surface area contributed by atoms with Crippen molar-refractivity contribution in [2.24, 2.45) is 23.7 Å². The molecule has 3 saturated heterocycles. The molecule has 0 unspecified atom stereocenters. The number of benzene rings is 1. The van der Waals surface area contributed by atoms with Gasteiger partial charge in [0.2, 0.25) is 5.91 Å². The molecule has 1 aromatic rings. The van der Waals surface area contributed by atoms with Crippen molar-refractivity contribution in [3.63, 3.8) is 0 Å². The van der Waals surface area contributed by atoms with E-state index in [0.29, 0.717) is 23.8 Å². The number of hydrogen-bond acceptors (Lipinski definition) is 5. The van der Waals surface area contributed by atoms with E-state index < -0.39 is 17.1 Å². The van der Waals surface area contributed by atoms with Crippen LogP contribution in [0.2, 0.25) is 0 Å². The number of hydrogen-bond donors (Lipinski definition) is 2. The summed E-state index contributed by atoms with van der Waals surface area (Å²) in [5, 5.41) is 6.59. The van der Waals surface area contributed by atoms with E-state index >= 15 is 0 Å². The number of esters is 1. The van der Waals surface area contributed by atoms with Gasteiger partial charge in [0.1, 0.15) is 17.7 Å². The minimum Gasteiger partial charge on any atom is -0.459 e. The summed E-state index contributed by atoms with van der Waals surface area (Å²) in [6.07, 6.45) is 1.69. The fourth-order valence-electron chi connectivity index (χ4n) is 6.38. The number of fused-ring (bicyclic) bond motifs is 1. The third-order valence-corrected chi connectivity index (χ3v) is 7.33. The average Bonchev–Trinajstić information content (AvgIpc) is 3.00. The van der Waals surface area contributed by atoms with E-state index in [1.807, 2.05) is 26.8 Å². The lowest BCUT2D eigenvalue weighted by molar-refractivity contribution is -0.155. The topological polar surface area (TPSA) is 70.7 Å². The number of piperidine rings is 2. The van der Waals surface area contributed by atoms with Gasteiger partial charge in [0.25, 0.3) is 0 Å². The van der Waals surface area contributed by atoms with Crippen LogP contribution in [0.5, 0.6) is 0 Å². The highest BCUT2D eigenvalue weighted by Gasteiger charge is 2.64. The van der Waals surface area contributed by atoms with E-state index in [4.69, 9.17) is 4.74 Å². The van der Waals surface area contributed by atoms with Crippen LogP contribution in [0.4, 0.5) is 0 Å². The molecule has 176 valence electrons. The van der Waals surface area contributed by atoms with Gasteiger partial charge in [0, 0.05) is 31.6 Å². The quantitative estimate of drug-likeness (QED) is 0.637. The maximum atomic E-state index is 13.7. The van der Waals surface area contributed by atoms with Gasteiger partial charge in [-0.1, -0.05) is 44.2 Å². The van der Waals surface area contributed by atoms with Crippen LogP contribution < -0.4 is 10.6 Å². The van der Waals surface area contributed by atoms with Crippen LogP contribution in [0.3, 0.4) is 0 Å². The van der Waals surface area contributed by atoms with Crippen LogP contribution in [-0.4, -0.2) is 60.1 Å². The summed E-state index contributed by atoms with van der Waals surface area (Å²) in [6, 6.07) is 10.9. The Labute approximate surface area is 192 Å². The van der Waals surface area contributed by atoms with Crippen molar-refractivity contribution in [3.05, 3.63) is 35.9 Å². The van der Waals surface area contributed by atoms with Gasteiger partial charge in [-0.3, -0.25) is 14.5 Å². The highest BCUT2D eigenvalue weighted by Crippen LogP contribution is 2.52. The number of amides is 1. The largest absolute Gasteiger partial charge is 0.459 e. The van der Waals surface area contributed by atoms with E-state index in [0.717, 1.165) is 32.5 Å². The Morgan fingerprint density at radius 1 is 1.25 bits per heavy atom. The second-order valence-corrected chi connectivity index (χ2v) is 11.4. The molecule has 6 heteroatoms. The maximum absolute atomic E-state index is 13.7. The van der Waals surface area contributed by atoms with Crippen LogP contribution in [0.15, 0.2) is 30.3 Å². The van der Waals surface area contributed by atoms with E-state index in [1.165, 1.54) is 5.56 Å². The summed E-state index contributed by atoms with van der Waals surface area (Å²) >= 11 is 0. The standard InChI is InChI=1S/C26H39N3O3/c1-17(2)15-29-16-19-12-26(24(31)27-14-22(30)32-25(3,4)5)21(23(29)20(19)13-28-26)11-18-9-7-6-8-10-18/h6-10,17,19-21,23,28H,11-16H2,1-5H3,(H,27,31)/t19-,20-,21-,23+,26+/m1/s1. The van der Waals surface area contributed by atoms with Crippen LogP contribution >= 0.6 is 0 Å². The number of carbonyl (C=O) groups is 2. The van der Waals surface area contributed by atoms with Gasteiger partial charge in [0.15, 0.2) is 0 Å². The molecule has 4 bridgehead atoms. The molecule has 4 fully saturated rings. The molecule has 6 nitrogen and oxygen atoms in total.